The second-order valence-corrected chi connectivity index (χ2v) is 6.16. The Bertz CT molecular complexity index is 743. The summed E-state index contributed by atoms with van der Waals surface area (Å²) in [6, 6.07) is 11.7. The summed E-state index contributed by atoms with van der Waals surface area (Å²) in [4.78, 5) is 16.8. The molecule has 0 unspecified atom stereocenters. The van der Waals surface area contributed by atoms with Gasteiger partial charge < -0.3 is 9.32 Å². The maximum Gasteiger partial charge on any atom is 0.289 e. The molecule has 1 amide bonds. The maximum atomic E-state index is 12.6. The van der Waals surface area contributed by atoms with E-state index >= 15 is 0 Å². The molecule has 1 aromatic carbocycles. The highest BCUT2D eigenvalue weighted by atomic mass is 16.3. The van der Waals surface area contributed by atoms with Gasteiger partial charge >= 0.3 is 0 Å². The third-order valence-electron chi connectivity index (χ3n) is 4.42. The Hall–Kier alpha value is -2.58. The van der Waals surface area contributed by atoms with E-state index in [-0.39, 0.29) is 5.91 Å². The van der Waals surface area contributed by atoms with Crippen LogP contribution in [-0.2, 0) is 6.54 Å². The molecule has 0 atom stereocenters. The van der Waals surface area contributed by atoms with Crippen molar-refractivity contribution in [3.05, 3.63) is 59.0 Å². The number of aryl methyl sites for hydroxylation is 1. The molecule has 5 heteroatoms. The highest BCUT2D eigenvalue weighted by Crippen LogP contribution is 2.15. The minimum absolute atomic E-state index is 0.0160. The van der Waals surface area contributed by atoms with Crippen LogP contribution in [0.15, 0.2) is 41.0 Å². The van der Waals surface area contributed by atoms with Gasteiger partial charge in [0.05, 0.1) is 17.9 Å². The minimum atomic E-state index is -0.0160. The summed E-state index contributed by atoms with van der Waals surface area (Å²) >= 11 is 0. The molecule has 5 nitrogen and oxygen atoms in total. The van der Waals surface area contributed by atoms with Crippen LogP contribution in [0.4, 0.5) is 0 Å². The molecule has 0 spiro atoms. The Labute approximate surface area is 142 Å². The monoisotopic (exact) mass is 323 g/mol. The zero-order valence-corrected chi connectivity index (χ0v) is 13.9. The summed E-state index contributed by atoms with van der Waals surface area (Å²) in [7, 11) is 0. The lowest BCUT2D eigenvalue weighted by Crippen LogP contribution is -2.35. The van der Waals surface area contributed by atoms with Crippen molar-refractivity contribution >= 4 is 5.91 Å². The molecule has 0 N–H and O–H groups in total. The summed E-state index contributed by atoms with van der Waals surface area (Å²) < 4.78 is 5.33. The lowest BCUT2D eigenvalue weighted by atomic mass is 10.1. The largest absolute Gasteiger partial charge is 0.459 e. The molecule has 2 aromatic rings. The lowest BCUT2D eigenvalue weighted by Gasteiger charge is -2.21. The fourth-order valence-electron chi connectivity index (χ4n) is 3.01. The van der Waals surface area contributed by atoms with E-state index in [4.69, 9.17) is 9.68 Å². The molecule has 0 radical (unpaired) electrons. The smallest absolute Gasteiger partial charge is 0.289 e. The standard InChI is InChI=1S/C19H21N3O2/c1-15-7-12-24-18(15)19(23)22-9-2-8-21(10-11-22)14-17-5-3-16(13-20)4-6-17/h3-7,12H,2,8-11,14H2,1H3. The van der Waals surface area contributed by atoms with E-state index in [0.717, 1.165) is 38.2 Å². The van der Waals surface area contributed by atoms with Crippen LogP contribution in [0, 0.1) is 18.3 Å². The van der Waals surface area contributed by atoms with Crippen molar-refractivity contribution in [3.63, 3.8) is 0 Å². The van der Waals surface area contributed by atoms with Crippen LogP contribution < -0.4 is 0 Å². The summed E-state index contributed by atoms with van der Waals surface area (Å²) in [5, 5.41) is 8.86. The van der Waals surface area contributed by atoms with Crippen molar-refractivity contribution in [3.8, 4) is 6.07 Å². The number of benzene rings is 1. The van der Waals surface area contributed by atoms with E-state index < -0.39 is 0 Å². The van der Waals surface area contributed by atoms with Crippen molar-refractivity contribution in [1.29, 1.82) is 5.26 Å². The first kappa shape index (κ1) is 16.3. The molecule has 1 fully saturated rings. The van der Waals surface area contributed by atoms with E-state index in [1.807, 2.05) is 42.2 Å². The first-order valence-electron chi connectivity index (χ1n) is 8.22. The summed E-state index contributed by atoms with van der Waals surface area (Å²) in [5.74, 6) is 0.438. The van der Waals surface area contributed by atoms with Gasteiger partial charge in [0.25, 0.3) is 5.91 Å². The molecule has 2 heterocycles. The van der Waals surface area contributed by atoms with Gasteiger partial charge in [-0.15, -0.1) is 0 Å². The van der Waals surface area contributed by atoms with Gasteiger partial charge in [-0.05, 0) is 37.1 Å². The summed E-state index contributed by atoms with van der Waals surface area (Å²) in [6.07, 6.45) is 2.51. The van der Waals surface area contributed by atoms with Crippen molar-refractivity contribution in [2.45, 2.75) is 19.9 Å². The van der Waals surface area contributed by atoms with Crippen molar-refractivity contribution < 1.29 is 9.21 Å². The van der Waals surface area contributed by atoms with Gasteiger partial charge in [0.15, 0.2) is 5.76 Å². The average molecular weight is 323 g/mol. The Morgan fingerprint density at radius 3 is 2.62 bits per heavy atom. The first-order valence-corrected chi connectivity index (χ1v) is 8.22. The van der Waals surface area contributed by atoms with Gasteiger partial charge in [-0.25, -0.2) is 0 Å². The van der Waals surface area contributed by atoms with E-state index in [1.165, 1.54) is 5.56 Å². The number of hydrogen-bond donors (Lipinski definition) is 0. The van der Waals surface area contributed by atoms with Crippen LogP contribution >= 0.6 is 0 Å². The van der Waals surface area contributed by atoms with Crippen LogP contribution in [0.25, 0.3) is 0 Å². The van der Waals surface area contributed by atoms with Crippen LogP contribution in [0.2, 0.25) is 0 Å². The molecule has 0 bridgehead atoms. The second-order valence-electron chi connectivity index (χ2n) is 6.16. The summed E-state index contributed by atoms with van der Waals surface area (Å²) in [5.41, 5.74) is 2.76. The van der Waals surface area contributed by atoms with E-state index in [0.29, 0.717) is 17.9 Å². The number of hydrogen-bond acceptors (Lipinski definition) is 4. The van der Waals surface area contributed by atoms with Gasteiger partial charge in [-0.1, -0.05) is 12.1 Å². The van der Waals surface area contributed by atoms with Crippen LogP contribution in [0.1, 0.15) is 33.7 Å². The third-order valence-corrected chi connectivity index (χ3v) is 4.42. The average Bonchev–Trinajstić information content (AvgIpc) is 2.89. The molecule has 1 aliphatic heterocycles. The van der Waals surface area contributed by atoms with Crippen LogP contribution in [0.3, 0.4) is 0 Å². The van der Waals surface area contributed by atoms with Gasteiger partial charge in [0.2, 0.25) is 0 Å². The molecular formula is C19H21N3O2. The molecule has 124 valence electrons. The molecule has 0 aliphatic carbocycles. The molecule has 0 saturated carbocycles. The quantitative estimate of drug-likeness (QED) is 0.871. The number of carbonyl (C=O) groups excluding carboxylic acids is 1. The molecule has 1 aliphatic rings. The second kappa shape index (κ2) is 7.33. The highest BCUT2D eigenvalue weighted by Gasteiger charge is 2.23. The Kier molecular flexibility index (Phi) is 4.97. The number of carbonyl (C=O) groups is 1. The number of nitriles is 1. The topological polar surface area (TPSA) is 60.5 Å². The minimum Gasteiger partial charge on any atom is -0.459 e. The summed E-state index contributed by atoms with van der Waals surface area (Å²) in [6.45, 7) is 5.99. The van der Waals surface area contributed by atoms with E-state index in [1.54, 1.807) is 6.26 Å². The zero-order valence-electron chi connectivity index (χ0n) is 13.9. The molecule has 1 aromatic heterocycles. The highest BCUT2D eigenvalue weighted by molar-refractivity contribution is 5.92. The molecular weight excluding hydrogens is 302 g/mol. The fraction of sp³-hybridized carbons (Fsp3) is 0.368. The van der Waals surface area contributed by atoms with Gasteiger partial charge in [0, 0.05) is 38.3 Å². The van der Waals surface area contributed by atoms with Gasteiger partial charge in [0.1, 0.15) is 0 Å². The third kappa shape index (κ3) is 3.66. The fourth-order valence-corrected chi connectivity index (χ4v) is 3.01. The predicted molar refractivity (Wildman–Crippen MR) is 90.4 cm³/mol. The van der Waals surface area contributed by atoms with Crippen molar-refractivity contribution in [1.82, 2.24) is 9.80 Å². The van der Waals surface area contributed by atoms with Gasteiger partial charge in [-0.3, -0.25) is 9.69 Å². The molecule has 24 heavy (non-hydrogen) atoms. The Balaban J connectivity index is 1.59. The Morgan fingerprint density at radius 1 is 1.17 bits per heavy atom. The molecule has 1 saturated heterocycles. The van der Waals surface area contributed by atoms with Crippen LogP contribution in [-0.4, -0.2) is 41.9 Å². The Morgan fingerprint density at radius 2 is 1.96 bits per heavy atom. The number of amides is 1. The normalized spacial score (nSPS) is 15.8. The number of furan rings is 1. The van der Waals surface area contributed by atoms with Crippen LogP contribution in [0.5, 0.6) is 0 Å². The van der Waals surface area contributed by atoms with Gasteiger partial charge in [-0.2, -0.15) is 5.26 Å². The maximum absolute atomic E-state index is 12.6. The SMILES string of the molecule is Cc1ccoc1C(=O)N1CCCN(Cc2ccc(C#N)cc2)CC1. The molecule has 3 rings (SSSR count). The van der Waals surface area contributed by atoms with E-state index in [2.05, 4.69) is 11.0 Å². The number of rotatable bonds is 3. The van der Waals surface area contributed by atoms with Crippen molar-refractivity contribution in [2.24, 2.45) is 0 Å². The zero-order chi connectivity index (χ0) is 16.9. The van der Waals surface area contributed by atoms with Crippen molar-refractivity contribution in [2.75, 3.05) is 26.2 Å². The number of nitrogens with zero attached hydrogens (tertiary/aromatic N) is 3. The first-order chi connectivity index (χ1) is 11.7. The van der Waals surface area contributed by atoms with E-state index in [9.17, 15) is 4.79 Å². The lowest BCUT2D eigenvalue weighted by molar-refractivity contribution is 0.0728. The predicted octanol–water partition coefficient (Wildman–Crippen LogP) is 2.81.